The monoisotopic (exact) mass is 386 g/mol. The number of carbonyl (C=O) groups excluding carboxylic acids is 1. The van der Waals surface area contributed by atoms with E-state index >= 15 is 0 Å². The van der Waals surface area contributed by atoms with E-state index in [1.54, 1.807) is 42.5 Å². The zero-order chi connectivity index (χ0) is 19.8. The topological polar surface area (TPSA) is 60.4 Å². The lowest BCUT2D eigenvalue weighted by atomic mass is 9.86. The molecule has 0 aliphatic carbocycles. The molecule has 0 radical (unpaired) electrons. The summed E-state index contributed by atoms with van der Waals surface area (Å²) in [6.07, 6.45) is 4.41. The highest BCUT2D eigenvalue weighted by molar-refractivity contribution is 7.91. The Bertz CT molecular complexity index is 840. The predicted molar refractivity (Wildman–Crippen MR) is 107 cm³/mol. The van der Waals surface area contributed by atoms with Crippen LogP contribution in [0.1, 0.15) is 25.8 Å². The molecule has 0 saturated carbocycles. The van der Waals surface area contributed by atoms with E-state index in [4.69, 9.17) is 4.74 Å². The molecule has 2 aromatic carbocycles. The summed E-state index contributed by atoms with van der Waals surface area (Å²) in [6.45, 7) is 4.05. The van der Waals surface area contributed by atoms with Crippen LogP contribution in [0.2, 0.25) is 0 Å². The molecule has 0 amide bonds. The maximum atomic E-state index is 12.3. The molecule has 0 aliphatic rings. The van der Waals surface area contributed by atoms with Crippen LogP contribution in [0.15, 0.2) is 77.7 Å². The zero-order valence-corrected chi connectivity index (χ0v) is 16.6. The standard InChI is InChI=1S/C22H26O4S/c1-22(2,18-23)21(26-17-19-11-5-3-6-12-19)15-9-10-16-27(24,25)20-13-7-4-8-14-20/h3-14,18,21H,15-17H2,1-2H3/b10-9+/t21-/m0/s1. The fourth-order valence-electron chi connectivity index (χ4n) is 2.57. The van der Waals surface area contributed by atoms with Gasteiger partial charge >= 0.3 is 0 Å². The van der Waals surface area contributed by atoms with Crippen molar-refractivity contribution in [2.24, 2.45) is 5.41 Å². The number of hydrogen-bond donors (Lipinski definition) is 0. The highest BCUT2D eigenvalue weighted by Crippen LogP contribution is 2.25. The highest BCUT2D eigenvalue weighted by Gasteiger charge is 2.29. The first-order valence-corrected chi connectivity index (χ1v) is 10.5. The molecular formula is C22H26O4S. The van der Waals surface area contributed by atoms with Crippen molar-refractivity contribution in [1.82, 2.24) is 0 Å². The SMILES string of the molecule is CC(C)(C=O)[C@H](C/C=C/CS(=O)(=O)c1ccccc1)OCc1ccccc1. The molecule has 5 heteroatoms. The Morgan fingerprint density at radius 1 is 0.963 bits per heavy atom. The summed E-state index contributed by atoms with van der Waals surface area (Å²) in [4.78, 5) is 11.8. The van der Waals surface area contributed by atoms with E-state index in [0.717, 1.165) is 11.8 Å². The normalized spacial score (nSPS) is 13.6. The summed E-state index contributed by atoms with van der Waals surface area (Å²) in [7, 11) is -3.35. The van der Waals surface area contributed by atoms with Gasteiger partial charge in [0.1, 0.15) is 6.29 Å². The molecule has 0 fully saturated rings. The van der Waals surface area contributed by atoms with Gasteiger partial charge in [0, 0.05) is 5.41 Å². The molecule has 0 unspecified atom stereocenters. The van der Waals surface area contributed by atoms with Crippen molar-refractivity contribution in [2.45, 2.75) is 37.9 Å². The van der Waals surface area contributed by atoms with Gasteiger partial charge in [0.25, 0.3) is 0 Å². The van der Waals surface area contributed by atoms with Gasteiger partial charge in [0.2, 0.25) is 0 Å². The van der Waals surface area contributed by atoms with Gasteiger partial charge in [-0.1, -0.05) is 74.5 Å². The first-order valence-electron chi connectivity index (χ1n) is 8.90. The summed E-state index contributed by atoms with van der Waals surface area (Å²) >= 11 is 0. The highest BCUT2D eigenvalue weighted by atomic mass is 32.2. The second kappa shape index (κ2) is 9.62. The van der Waals surface area contributed by atoms with Crippen LogP contribution >= 0.6 is 0 Å². The maximum absolute atomic E-state index is 12.3. The number of ether oxygens (including phenoxy) is 1. The van der Waals surface area contributed by atoms with Crippen LogP contribution in [0.5, 0.6) is 0 Å². The van der Waals surface area contributed by atoms with E-state index in [2.05, 4.69) is 0 Å². The Morgan fingerprint density at radius 3 is 2.15 bits per heavy atom. The molecule has 0 aromatic heterocycles. The molecule has 0 heterocycles. The number of carbonyl (C=O) groups is 1. The molecule has 0 aliphatic heterocycles. The number of rotatable bonds is 10. The van der Waals surface area contributed by atoms with Crippen molar-refractivity contribution in [1.29, 1.82) is 0 Å². The van der Waals surface area contributed by atoms with Crippen LogP contribution in [-0.4, -0.2) is 26.6 Å². The first kappa shape index (κ1) is 21.1. The van der Waals surface area contributed by atoms with Crippen molar-refractivity contribution < 1.29 is 17.9 Å². The smallest absolute Gasteiger partial charge is 0.181 e. The molecule has 2 rings (SSSR count). The Labute approximate surface area is 161 Å². The average molecular weight is 387 g/mol. The Hall–Kier alpha value is -2.24. The van der Waals surface area contributed by atoms with E-state index < -0.39 is 15.3 Å². The molecule has 0 N–H and O–H groups in total. The fraction of sp³-hybridized carbons (Fsp3) is 0.318. The minimum atomic E-state index is -3.35. The molecule has 2 aromatic rings. The molecule has 4 nitrogen and oxygen atoms in total. The van der Waals surface area contributed by atoms with Crippen LogP contribution in [0.3, 0.4) is 0 Å². The molecule has 0 bridgehead atoms. The van der Waals surface area contributed by atoms with Gasteiger partial charge in [-0.15, -0.1) is 0 Å². The third kappa shape index (κ3) is 6.45. The minimum absolute atomic E-state index is 0.0794. The zero-order valence-electron chi connectivity index (χ0n) is 15.7. The lowest BCUT2D eigenvalue weighted by molar-refractivity contribution is -0.124. The van der Waals surface area contributed by atoms with Crippen LogP contribution in [-0.2, 0) is 26.0 Å². The van der Waals surface area contributed by atoms with Gasteiger partial charge in [-0.25, -0.2) is 8.42 Å². The average Bonchev–Trinajstić information content (AvgIpc) is 2.68. The lowest BCUT2D eigenvalue weighted by Crippen LogP contribution is -2.33. The van der Waals surface area contributed by atoms with Gasteiger partial charge in [-0.05, 0) is 24.1 Å². The van der Waals surface area contributed by atoms with Crippen molar-refractivity contribution >= 4 is 16.1 Å². The van der Waals surface area contributed by atoms with Crippen LogP contribution in [0.25, 0.3) is 0 Å². The Kier molecular flexibility index (Phi) is 7.51. The van der Waals surface area contributed by atoms with Crippen LogP contribution < -0.4 is 0 Å². The van der Waals surface area contributed by atoms with Gasteiger partial charge in [-0.2, -0.15) is 0 Å². The summed E-state index contributed by atoms with van der Waals surface area (Å²) in [6, 6.07) is 18.1. The number of benzene rings is 2. The van der Waals surface area contributed by atoms with E-state index in [1.807, 2.05) is 44.2 Å². The Morgan fingerprint density at radius 2 is 1.56 bits per heavy atom. The quantitative estimate of drug-likeness (QED) is 0.453. The van der Waals surface area contributed by atoms with E-state index in [0.29, 0.717) is 17.9 Å². The van der Waals surface area contributed by atoms with Gasteiger partial charge in [-0.3, -0.25) is 0 Å². The number of sulfone groups is 1. The van der Waals surface area contributed by atoms with Crippen molar-refractivity contribution in [2.75, 3.05) is 5.75 Å². The number of aldehydes is 1. The van der Waals surface area contributed by atoms with E-state index in [1.165, 1.54) is 0 Å². The summed E-state index contributed by atoms with van der Waals surface area (Å²) in [5.74, 6) is -0.0794. The molecule has 0 spiro atoms. The summed E-state index contributed by atoms with van der Waals surface area (Å²) in [5.41, 5.74) is 0.358. The maximum Gasteiger partial charge on any atom is 0.181 e. The van der Waals surface area contributed by atoms with Crippen molar-refractivity contribution in [3.63, 3.8) is 0 Å². The number of hydrogen-bond acceptors (Lipinski definition) is 4. The molecule has 144 valence electrons. The lowest BCUT2D eigenvalue weighted by Gasteiger charge is -2.28. The van der Waals surface area contributed by atoms with Crippen molar-refractivity contribution in [3.05, 3.63) is 78.4 Å². The van der Waals surface area contributed by atoms with Crippen molar-refractivity contribution in [3.8, 4) is 0 Å². The molecule has 27 heavy (non-hydrogen) atoms. The third-order valence-electron chi connectivity index (χ3n) is 4.36. The second-order valence-corrected chi connectivity index (χ2v) is 9.06. The third-order valence-corrected chi connectivity index (χ3v) is 5.98. The van der Waals surface area contributed by atoms with Gasteiger partial charge in [0.05, 0.1) is 23.4 Å². The predicted octanol–water partition coefficient (Wildman–Crippen LogP) is 4.22. The molecular weight excluding hydrogens is 360 g/mol. The molecule has 0 saturated heterocycles. The summed E-state index contributed by atoms with van der Waals surface area (Å²) < 4.78 is 30.6. The van der Waals surface area contributed by atoms with Crippen LogP contribution in [0.4, 0.5) is 0 Å². The second-order valence-electron chi connectivity index (χ2n) is 7.03. The molecule has 1 atom stereocenters. The van der Waals surface area contributed by atoms with E-state index in [9.17, 15) is 13.2 Å². The van der Waals surface area contributed by atoms with E-state index in [-0.39, 0.29) is 11.9 Å². The van der Waals surface area contributed by atoms with Gasteiger partial charge < -0.3 is 9.53 Å². The Balaban J connectivity index is 1.98. The van der Waals surface area contributed by atoms with Crippen LogP contribution in [0, 0.1) is 5.41 Å². The largest absolute Gasteiger partial charge is 0.372 e. The summed E-state index contributed by atoms with van der Waals surface area (Å²) in [5, 5.41) is 0. The first-order chi connectivity index (χ1) is 12.8. The fourth-order valence-corrected chi connectivity index (χ4v) is 3.73. The van der Waals surface area contributed by atoms with Gasteiger partial charge in [0.15, 0.2) is 9.84 Å². The minimum Gasteiger partial charge on any atom is -0.372 e.